The minimum atomic E-state index is -3.70. The molecule has 1 aromatic heterocycles. The molecule has 1 aliphatic rings. The molecule has 0 atom stereocenters. The number of carbonyl (C=O) groups is 1. The number of hydrogen-bond acceptors (Lipinski definition) is 4. The molecule has 0 radical (unpaired) electrons. The SMILES string of the molecule is Cc1cc(C(=O)N2CCC(NS(=O)(=O)c3ccc(F)cc3)CC2)n(C)n1. The maximum Gasteiger partial charge on any atom is 0.272 e. The molecule has 3 rings (SSSR count). The fourth-order valence-electron chi connectivity index (χ4n) is 3.07. The number of likely N-dealkylation sites (tertiary alicyclic amines) is 1. The summed E-state index contributed by atoms with van der Waals surface area (Å²) in [4.78, 5) is 14.3. The Morgan fingerprint density at radius 3 is 2.38 bits per heavy atom. The summed E-state index contributed by atoms with van der Waals surface area (Å²) in [6.07, 6.45) is 1.03. The number of hydrogen-bond donors (Lipinski definition) is 1. The van der Waals surface area contributed by atoms with E-state index >= 15 is 0 Å². The summed E-state index contributed by atoms with van der Waals surface area (Å²) in [6.45, 7) is 2.74. The fourth-order valence-corrected chi connectivity index (χ4v) is 4.38. The van der Waals surface area contributed by atoms with E-state index in [1.165, 1.54) is 12.1 Å². The summed E-state index contributed by atoms with van der Waals surface area (Å²) in [5, 5.41) is 4.18. The normalized spacial score (nSPS) is 16.0. The maximum atomic E-state index is 13.0. The van der Waals surface area contributed by atoms with Gasteiger partial charge in [0, 0.05) is 26.2 Å². The lowest BCUT2D eigenvalue weighted by Crippen LogP contribution is -2.46. The Bertz CT molecular complexity index is 901. The third-order valence-corrected chi connectivity index (χ3v) is 5.99. The third-order valence-electron chi connectivity index (χ3n) is 4.45. The Morgan fingerprint density at radius 1 is 1.23 bits per heavy atom. The Hall–Kier alpha value is -2.26. The lowest BCUT2D eigenvalue weighted by molar-refractivity contribution is 0.0700. The summed E-state index contributed by atoms with van der Waals surface area (Å²) in [6, 6.07) is 6.19. The van der Waals surface area contributed by atoms with Gasteiger partial charge in [-0.05, 0) is 50.1 Å². The predicted molar refractivity (Wildman–Crippen MR) is 93.6 cm³/mol. The van der Waals surface area contributed by atoms with E-state index in [0.29, 0.717) is 31.6 Å². The smallest absolute Gasteiger partial charge is 0.272 e. The van der Waals surface area contributed by atoms with Crippen molar-refractivity contribution in [3.8, 4) is 0 Å². The molecule has 1 amide bonds. The van der Waals surface area contributed by atoms with Crippen molar-refractivity contribution < 1.29 is 17.6 Å². The molecule has 140 valence electrons. The lowest BCUT2D eigenvalue weighted by atomic mass is 10.1. The molecule has 7 nitrogen and oxygen atoms in total. The summed E-state index contributed by atoms with van der Waals surface area (Å²) < 4.78 is 41.9. The predicted octanol–water partition coefficient (Wildman–Crippen LogP) is 1.45. The van der Waals surface area contributed by atoms with Gasteiger partial charge < -0.3 is 4.90 Å². The maximum absolute atomic E-state index is 13.0. The first-order chi connectivity index (χ1) is 12.3. The number of benzene rings is 1. The highest BCUT2D eigenvalue weighted by molar-refractivity contribution is 7.89. The Labute approximate surface area is 151 Å². The van der Waals surface area contributed by atoms with Crippen molar-refractivity contribution in [2.75, 3.05) is 13.1 Å². The number of nitrogens with zero attached hydrogens (tertiary/aromatic N) is 3. The standard InChI is InChI=1S/C17H21FN4O3S/c1-12-11-16(21(2)19-12)17(23)22-9-7-14(8-10-22)20-26(24,25)15-5-3-13(18)4-6-15/h3-6,11,14,20H,7-10H2,1-2H3. The van der Waals surface area contributed by atoms with Crippen LogP contribution >= 0.6 is 0 Å². The van der Waals surface area contributed by atoms with Crippen LogP contribution in [0.5, 0.6) is 0 Å². The number of halogens is 1. The molecule has 0 bridgehead atoms. The minimum absolute atomic E-state index is 0.0303. The van der Waals surface area contributed by atoms with Crippen molar-refractivity contribution in [1.29, 1.82) is 0 Å². The first-order valence-corrected chi connectivity index (χ1v) is 9.82. The van der Waals surface area contributed by atoms with Crippen LogP contribution in [0.4, 0.5) is 4.39 Å². The zero-order valence-corrected chi connectivity index (χ0v) is 15.5. The number of sulfonamides is 1. The highest BCUT2D eigenvalue weighted by Crippen LogP contribution is 2.17. The van der Waals surface area contributed by atoms with Crippen LogP contribution in [0.25, 0.3) is 0 Å². The average molecular weight is 380 g/mol. The molecule has 1 aliphatic heterocycles. The van der Waals surface area contributed by atoms with Gasteiger partial charge in [-0.2, -0.15) is 5.10 Å². The molecular formula is C17H21FN4O3S. The second kappa shape index (κ2) is 7.16. The highest BCUT2D eigenvalue weighted by Gasteiger charge is 2.28. The van der Waals surface area contributed by atoms with Crippen LogP contribution in [0, 0.1) is 12.7 Å². The molecule has 1 N–H and O–H groups in total. The molecular weight excluding hydrogens is 359 g/mol. The van der Waals surface area contributed by atoms with Crippen molar-refractivity contribution in [2.24, 2.45) is 7.05 Å². The van der Waals surface area contributed by atoms with E-state index < -0.39 is 15.8 Å². The van der Waals surface area contributed by atoms with Crippen molar-refractivity contribution in [3.05, 3.63) is 47.5 Å². The van der Waals surface area contributed by atoms with Gasteiger partial charge in [0.25, 0.3) is 5.91 Å². The van der Waals surface area contributed by atoms with Crippen LogP contribution in [0.1, 0.15) is 29.0 Å². The monoisotopic (exact) mass is 380 g/mol. The van der Waals surface area contributed by atoms with Crippen LogP contribution < -0.4 is 4.72 Å². The largest absolute Gasteiger partial charge is 0.337 e. The van der Waals surface area contributed by atoms with Gasteiger partial charge in [0.05, 0.1) is 10.6 Å². The highest BCUT2D eigenvalue weighted by atomic mass is 32.2. The topological polar surface area (TPSA) is 84.3 Å². The summed E-state index contributed by atoms with van der Waals surface area (Å²) in [5.41, 5.74) is 1.30. The van der Waals surface area contributed by atoms with Crippen molar-refractivity contribution in [3.63, 3.8) is 0 Å². The number of piperidine rings is 1. The first kappa shape index (κ1) is 18.5. The van der Waals surface area contributed by atoms with Crippen molar-refractivity contribution in [2.45, 2.75) is 30.7 Å². The number of nitrogens with one attached hydrogen (secondary N) is 1. The molecule has 2 heterocycles. The first-order valence-electron chi connectivity index (χ1n) is 8.34. The van der Waals surface area contributed by atoms with Crippen LogP contribution in [-0.2, 0) is 17.1 Å². The molecule has 26 heavy (non-hydrogen) atoms. The summed E-state index contributed by atoms with van der Waals surface area (Å²) in [5.74, 6) is -0.589. The molecule has 0 aliphatic carbocycles. The average Bonchev–Trinajstić information content (AvgIpc) is 2.93. The second-order valence-corrected chi connectivity index (χ2v) is 8.15. The Balaban J connectivity index is 1.61. The molecule has 1 aromatic carbocycles. The zero-order valence-electron chi connectivity index (χ0n) is 14.6. The van der Waals surface area contributed by atoms with E-state index in [4.69, 9.17) is 0 Å². The molecule has 0 saturated carbocycles. The van der Waals surface area contributed by atoms with Gasteiger partial charge in [0.1, 0.15) is 11.5 Å². The summed E-state index contributed by atoms with van der Waals surface area (Å²) >= 11 is 0. The van der Waals surface area contributed by atoms with Gasteiger partial charge in [-0.3, -0.25) is 9.48 Å². The van der Waals surface area contributed by atoms with Crippen LogP contribution in [-0.4, -0.2) is 48.1 Å². The molecule has 9 heteroatoms. The molecule has 0 unspecified atom stereocenters. The lowest BCUT2D eigenvalue weighted by Gasteiger charge is -2.32. The van der Waals surface area contributed by atoms with Crippen LogP contribution in [0.2, 0.25) is 0 Å². The van der Waals surface area contributed by atoms with Gasteiger partial charge >= 0.3 is 0 Å². The van der Waals surface area contributed by atoms with Gasteiger partial charge in [0.15, 0.2) is 0 Å². The van der Waals surface area contributed by atoms with E-state index in [-0.39, 0.29) is 16.8 Å². The van der Waals surface area contributed by atoms with E-state index in [2.05, 4.69) is 9.82 Å². The second-order valence-electron chi connectivity index (χ2n) is 6.44. The zero-order chi connectivity index (χ0) is 18.9. The molecule has 0 spiro atoms. The minimum Gasteiger partial charge on any atom is -0.337 e. The van der Waals surface area contributed by atoms with E-state index in [1.807, 2.05) is 6.92 Å². The van der Waals surface area contributed by atoms with Crippen molar-refractivity contribution in [1.82, 2.24) is 19.4 Å². The van der Waals surface area contributed by atoms with Gasteiger partial charge in [0.2, 0.25) is 10.0 Å². The van der Waals surface area contributed by atoms with Crippen molar-refractivity contribution >= 4 is 15.9 Å². The summed E-state index contributed by atoms with van der Waals surface area (Å²) in [7, 11) is -1.98. The van der Waals surface area contributed by atoms with Gasteiger partial charge in [-0.1, -0.05) is 0 Å². The molecule has 1 saturated heterocycles. The Morgan fingerprint density at radius 2 is 1.85 bits per heavy atom. The number of amides is 1. The van der Waals surface area contributed by atoms with Gasteiger partial charge in [-0.15, -0.1) is 0 Å². The third kappa shape index (κ3) is 3.94. The fraction of sp³-hybridized carbons (Fsp3) is 0.412. The quantitative estimate of drug-likeness (QED) is 0.870. The molecule has 2 aromatic rings. The van der Waals surface area contributed by atoms with Crippen LogP contribution in [0.15, 0.2) is 35.2 Å². The van der Waals surface area contributed by atoms with E-state index in [0.717, 1.165) is 17.8 Å². The van der Waals surface area contributed by atoms with E-state index in [9.17, 15) is 17.6 Å². The van der Waals surface area contributed by atoms with E-state index in [1.54, 1.807) is 22.7 Å². The number of aryl methyl sites for hydroxylation is 2. The number of aromatic nitrogens is 2. The number of rotatable bonds is 4. The molecule has 1 fully saturated rings. The number of carbonyl (C=O) groups excluding carboxylic acids is 1. The Kier molecular flexibility index (Phi) is 5.10. The van der Waals surface area contributed by atoms with Gasteiger partial charge in [-0.25, -0.2) is 17.5 Å². The van der Waals surface area contributed by atoms with Crippen LogP contribution in [0.3, 0.4) is 0 Å².